The molecule has 0 amide bonds. The molecule has 0 aliphatic carbocycles. The zero-order chi connectivity index (χ0) is 22.9. The van der Waals surface area contributed by atoms with Crippen molar-refractivity contribution in [3.05, 3.63) is 69.8 Å². The average Bonchev–Trinajstić information content (AvgIpc) is 3.14. The molecule has 2 heterocycles. The smallest absolute Gasteiger partial charge is 0.242 e. The van der Waals surface area contributed by atoms with Crippen LogP contribution in [0.2, 0.25) is 15.1 Å². The number of benzene rings is 2. The monoisotopic (exact) mass is 507 g/mol. The fraction of sp³-hybridized carbons (Fsp3) is 0.100. The van der Waals surface area contributed by atoms with Crippen LogP contribution >= 0.6 is 34.8 Å². The van der Waals surface area contributed by atoms with E-state index in [1.165, 1.54) is 18.2 Å². The fourth-order valence-corrected chi connectivity index (χ4v) is 5.17. The Hall–Kier alpha value is -2.30. The van der Waals surface area contributed by atoms with E-state index >= 15 is 0 Å². The predicted molar refractivity (Wildman–Crippen MR) is 132 cm³/mol. The summed E-state index contributed by atoms with van der Waals surface area (Å²) in [5.41, 5.74) is 3.05. The van der Waals surface area contributed by atoms with Gasteiger partial charge in [-0.15, -0.1) is 0 Å². The molecule has 2 aromatic heterocycles. The van der Waals surface area contributed by atoms with E-state index in [2.05, 4.69) is 20.1 Å². The maximum Gasteiger partial charge on any atom is 0.242 e. The van der Waals surface area contributed by atoms with E-state index in [1.807, 2.05) is 32.1 Å². The van der Waals surface area contributed by atoms with E-state index in [9.17, 15) is 8.42 Å². The molecular formula is C20H17BCl3N5O2S. The summed E-state index contributed by atoms with van der Waals surface area (Å²) in [6.07, 6.45) is 1.72. The van der Waals surface area contributed by atoms with Gasteiger partial charge in [-0.3, -0.25) is 0 Å². The molecule has 0 radical (unpaired) electrons. The normalized spacial score (nSPS) is 11.7. The molecule has 164 valence electrons. The van der Waals surface area contributed by atoms with Gasteiger partial charge in [0.1, 0.15) is 18.6 Å². The van der Waals surface area contributed by atoms with Gasteiger partial charge in [-0.2, -0.15) is 9.61 Å². The van der Waals surface area contributed by atoms with Crippen LogP contribution in [0.15, 0.2) is 59.6 Å². The van der Waals surface area contributed by atoms with Crippen LogP contribution in [0.5, 0.6) is 0 Å². The van der Waals surface area contributed by atoms with Gasteiger partial charge in [0, 0.05) is 35.9 Å². The molecule has 4 aromatic rings. The Morgan fingerprint density at radius 1 is 1.00 bits per heavy atom. The number of nitrogens with zero attached hydrogens (tertiary/aromatic N) is 3. The SMILES string of the molecule is Bc1cnn2c(NCCNS(=O)(=O)c3cccc(Cl)c3Cl)cc(-c3ccccc3Cl)nc12. The summed E-state index contributed by atoms with van der Waals surface area (Å²) >= 11 is 18.3. The lowest BCUT2D eigenvalue weighted by Crippen LogP contribution is -2.29. The molecule has 0 saturated carbocycles. The Labute approximate surface area is 201 Å². The van der Waals surface area contributed by atoms with Crippen LogP contribution in [-0.2, 0) is 10.0 Å². The summed E-state index contributed by atoms with van der Waals surface area (Å²) in [5.74, 6) is 0.651. The number of sulfonamides is 1. The van der Waals surface area contributed by atoms with Gasteiger partial charge in [0.15, 0.2) is 5.65 Å². The van der Waals surface area contributed by atoms with Crippen molar-refractivity contribution in [3.63, 3.8) is 0 Å². The Bertz CT molecular complexity index is 1410. The van der Waals surface area contributed by atoms with E-state index in [1.54, 1.807) is 16.8 Å². The third-order valence-electron chi connectivity index (χ3n) is 4.73. The Morgan fingerprint density at radius 3 is 2.53 bits per heavy atom. The van der Waals surface area contributed by atoms with Crippen LogP contribution in [0, 0.1) is 0 Å². The largest absolute Gasteiger partial charge is 0.369 e. The molecule has 0 bridgehead atoms. The van der Waals surface area contributed by atoms with E-state index < -0.39 is 10.0 Å². The second kappa shape index (κ2) is 9.29. The van der Waals surface area contributed by atoms with Crippen LogP contribution in [0.4, 0.5) is 5.82 Å². The Morgan fingerprint density at radius 2 is 1.75 bits per heavy atom. The molecule has 0 spiro atoms. The van der Waals surface area contributed by atoms with Crippen LogP contribution in [-0.4, -0.2) is 44.0 Å². The molecule has 2 N–H and O–H groups in total. The zero-order valence-electron chi connectivity index (χ0n) is 16.8. The molecule has 32 heavy (non-hydrogen) atoms. The summed E-state index contributed by atoms with van der Waals surface area (Å²) in [4.78, 5) is 4.62. The lowest BCUT2D eigenvalue weighted by molar-refractivity contribution is 0.583. The second-order valence-electron chi connectivity index (χ2n) is 6.95. The summed E-state index contributed by atoms with van der Waals surface area (Å²) in [6.45, 7) is 0.397. The first-order valence-corrected chi connectivity index (χ1v) is 12.2. The van der Waals surface area contributed by atoms with Crippen LogP contribution in [0.25, 0.3) is 16.9 Å². The number of fused-ring (bicyclic) bond motifs is 1. The standard InChI is InChI=1S/C20H17BCl3N5O2S/c21-13-11-26-29-18(10-16(28-20(13)29)12-4-1-2-5-14(12)22)25-8-9-27-32(30,31)17-7-3-6-15(23)19(17)24/h1-7,10-11,25,27H,8-9,21H2. The van der Waals surface area contributed by atoms with Crippen molar-refractivity contribution in [3.8, 4) is 11.3 Å². The molecule has 0 aliphatic heterocycles. The summed E-state index contributed by atoms with van der Waals surface area (Å²) in [7, 11) is -1.91. The maximum atomic E-state index is 12.6. The molecule has 0 saturated heterocycles. The highest BCUT2D eigenvalue weighted by Gasteiger charge is 2.19. The van der Waals surface area contributed by atoms with Crippen molar-refractivity contribution in [1.29, 1.82) is 0 Å². The minimum Gasteiger partial charge on any atom is -0.369 e. The van der Waals surface area contributed by atoms with E-state index in [0.717, 1.165) is 11.0 Å². The average molecular weight is 509 g/mol. The highest BCUT2D eigenvalue weighted by atomic mass is 35.5. The number of nitrogens with one attached hydrogen (secondary N) is 2. The highest BCUT2D eigenvalue weighted by Crippen LogP contribution is 2.29. The number of hydrogen-bond acceptors (Lipinski definition) is 5. The lowest BCUT2D eigenvalue weighted by atomic mass is 10.0. The molecule has 0 atom stereocenters. The highest BCUT2D eigenvalue weighted by molar-refractivity contribution is 7.89. The van der Waals surface area contributed by atoms with Crippen molar-refractivity contribution in [2.75, 3.05) is 18.4 Å². The van der Waals surface area contributed by atoms with Crippen molar-refractivity contribution in [1.82, 2.24) is 19.3 Å². The number of anilines is 1. The Balaban J connectivity index is 1.55. The lowest BCUT2D eigenvalue weighted by Gasteiger charge is -2.13. The molecule has 2 aromatic carbocycles. The van der Waals surface area contributed by atoms with Crippen LogP contribution in [0.1, 0.15) is 0 Å². The van der Waals surface area contributed by atoms with E-state index in [-0.39, 0.29) is 28.0 Å². The van der Waals surface area contributed by atoms with Gasteiger partial charge >= 0.3 is 0 Å². The van der Waals surface area contributed by atoms with Gasteiger partial charge < -0.3 is 5.32 Å². The minimum atomic E-state index is -3.82. The summed E-state index contributed by atoms with van der Waals surface area (Å²) < 4.78 is 29.4. The van der Waals surface area contributed by atoms with Crippen molar-refractivity contribution >= 4 is 69.6 Å². The number of rotatable bonds is 7. The first-order chi connectivity index (χ1) is 15.3. The third-order valence-corrected chi connectivity index (χ3v) is 7.49. The first-order valence-electron chi connectivity index (χ1n) is 9.56. The van der Waals surface area contributed by atoms with Gasteiger partial charge in [-0.25, -0.2) is 18.1 Å². The molecular weight excluding hydrogens is 491 g/mol. The molecule has 0 unspecified atom stereocenters. The molecule has 4 rings (SSSR count). The molecule has 7 nitrogen and oxygen atoms in total. The third kappa shape index (κ3) is 4.58. The van der Waals surface area contributed by atoms with E-state index in [0.29, 0.717) is 22.2 Å². The second-order valence-corrected chi connectivity index (χ2v) is 9.87. The minimum absolute atomic E-state index is 0.0122. The zero-order valence-corrected chi connectivity index (χ0v) is 19.9. The summed E-state index contributed by atoms with van der Waals surface area (Å²) in [5, 5.41) is 8.32. The quantitative estimate of drug-likeness (QED) is 0.296. The topological polar surface area (TPSA) is 88.4 Å². The molecule has 0 aliphatic rings. The van der Waals surface area contributed by atoms with Crippen molar-refractivity contribution in [2.45, 2.75) is 4.90 Å². The van der Waals surface area contributed by atoms with Gasteiger partial charge in [0.2, 0.25) is 10.0 Å². The maximum absolute atomic E-state index is 12.6. The summed E-state index contributed by atoms with van der Waals surface area (Å²) in [6, 6.07) is 13.7. The van der Waals surface area contributed by atoms with Crippen LogP contribution < -0.4 is 15.5 Å². The van der Waals surface area contributed by atoms with Gasteiger partial charge in [0.05, 0.1) is 15.7 Å². The van der Waals surface area contributed by atoms with Gasteiger partial charge in [0.25, 0.3) is 0 Å². The van der Waals surface area contributed by atoms with Crippen molar-refractivity contribution in [2.24, 2.45) is 0 Å². The predicted octanol–water partition coefficient (Wildman–Crippen LogP) is 3.01. The number of aromatic nitrogens is 3. The fourth-order valence-electron chi connectivity index (χ4n) is 3.15. The first kappa shape index (κ1) is 22.9. The molecule has 0 fully saturated rings. The van der Waals surface area contributed by atoms with Gasteiger partial charge in [-0.1, -0.05) is 59.1 Å². The van der Waals surface area contributed by atoms with E-state index in [4.69, 9.17) is 34.8 Å². The Kier molecular flexibility index (Phi) is 6.64. The number of hydrogen-bond donors (Lipinski definition) is 2. The van der Waals surface area contributed by atoms with Gasteiger partial charge in [-0.05, 0) is 23.7 Å². The van der Waals surface area contributed by atoms with Crippen LogP contribution in [0.3, 0.4) is 0 Å². The van der Waals surface area contributed by atoms with Crippen molar-refractivity contribution < 1.29 is 8.42 Å². The number of halogens is 3. The molecule has 12 heteroatoms.